The van der Waals surface area contributed by atoms with Gasteiger partial charge in [0, 0.05) is 10.8 Å². The van der Waals surface area contributed by atoms with E-state index < -0.39 is 17.6 Å². The van der Waals surface area contributed by atoms with Crippen LogP contribution in [0.25, 0.3) is 10.8 Å². The molecule has 3 rings (SSSR count). The van der Waals surface area contributed by atoms with Gasteiger partial charge in [-0.25, -0.2) is 9.37 Å². The molecule has 3 nitrogen and oxygen atoms in total. The Morgan fingerprint density at radius 3 is 2.38 bits per heavy atom. The van der Waals surface area contributed by atoms with Crippen molar-refractivity contribution in [1.29, 1.82) is 5.26 Å². The molecule has 0 radical (unpaired) electrons. The Kier molecular flexibility index (Phi) is 4.51. The molecule has 1 aromatic heterocycles. The lowest BCUT2D eigenvalue weighted by molar-refractivity contribution is -0.137. The van der Waals surface area contributed by atoms with Gasteiger partial charge in [0.15, 0.2) is 0 Å². The topological polar surface area (TPSA) is 45.9 Å². The maximum Gasteiger partial charge on any atom is 0.416 e. The summed E-state index contributed by atoms with van der Waals surface area (Å²) in [6.07, 6.45) is -4.40. The summed E-state index contributed by atoms with van der Waals surface area (Å²) in [6, 6.07) is 10.5. The summed E-state index contributed by atoms with van der Waals surface area (Å²) in [6.45, 7) is 1.59. The van der Waals surface area contributed by atoms with Gasteiger partial charge in [0.1, 0.15) is 18.5 Å². The Morgan fingerprint density at radius 2 is 1.77 bits per heavy atom. The predicted octanol–water partition coefficient (Wildman–Crippen LogP) is 5.15. The summed E-state index contributed by atoms with van der Waals surface area (Å²) in [5, 5.41) is 10.1. The molecule has 1 heterocycles. The molecule has 0 fully saturated rings. The van der Waals surface area contributed by atoms with Crippen molar-refractivity contribution in [1.82, 2.24) is 4.98 Å². The van der Waals surface area contributed by atoms with Gasteiger partial charge in [-0.3, -0.25) is 0 Å². The number of nitriles is 1. The number of aromatic nitrogens is 1. The van der Waals surface area contributed by atoms with Crippen LogP contribution in [0.4, 0.5) is 17.6 Å². The van der Waals surface area contributed by atoms with Crippen LogP contribution in [0.1, 0.15) is 22.4 Å². The molecule has 132 valence electrons. The predicted molar refractivity (Wildman–Crippen MR) is 86.9 cm³/mol. The molecule has 0 unspecified atom stereocenters. The molecule has 3 aromatic rings. The number of benzene rings is 2. The van der Waals surface area contributed by atoms with E-state index in [4.69, 9.17) is 4.74 Å². The molecule has 0 spiro atoms. The third-order valence-corrected chi connectivity index (χ3v) is 3.88. The largest absolute Gasteiger partial charge is 0.472 e. The minimum atomic E-state index is -4.40. The molecular weight excluding hydrogens is 348 g/mol. The highest BCUT2D eigenvalue weighted by atomic mass is 19.4. The number of aryl methyl sites for hydroxylation is 1. The number of hydrogen-bond acceptors (Lipinski definition) is 3. The maximum absolute atomic E-state index is 13.6. The summed E-state index contributed by atoms with van der Waals surface area (Å²) in [4.78, 5) is 4.19. The van der Waals surface area contributed by atoms with E-state index in [1.807, 2.05) is 6.07 Å². The fourth-order valence-corrected chi connectivity index (χ4v) is 2.57. The van der Waals surface area contributed by atoms with Crippen molar-refractivity contribution < 1.29 is 22.3 Å². The van der Waals surface area contributed by atoms with Crippen molar-refractivity contribution in [2.24, 2.45) is 0 Å². The van der Waals surface area contributed by atoms with E-state index >= 15 is 0 Å². The second-order valence-corrected chi connectivity index (χ2v) is 5.66. The number of fused-ring (bicyclic) bond motifs is 1. The normalized spacial score (nSPS) is 11.4. The zero-order valence-electron chi connectivity index (χ0n) is 13.6. The molecule has 0 amide bonds. The molecule has 0 saturated carbocycles. The van der Waals surface area contributed by atoms with Crippen LogP contribution >= 0.6 is 0 Å². The van der Waals surface area contributed by atoms with E-state index in [2.05, 4.69) is 4.98 Å². The summed E-state index contributed by atoms with van der Waals surface area (Å²) in [7, 11) is 0. The Hall–Kier alpha value is -3.14. The molecule has 0 aliphatic rings. The number of ether oxygens (including phenoxy) is 1. The Balaban J connectivity index is 1.92. The first-order valence-corrected chi connectivity index (χ1v) is 7.58. The van der Waals surface area contributed by atoms with E-state index in [9.17, 15) is 22.8 Å². The van der Waals surface area contributed by atoms with Gasteiger partial charge in [0.25, 0.3) is 0 Å². The molecule has 26 heavy (non-hydrogen) atoms. The average molecular weight is 360 g/mol. The maximum atomic E-state index is 13.6. The molecule has 0 atom stereocenters. The molecule has 0 saturated heterocycles. The molecular formula is C19H12F4N2O. The summed E-state index contributed by atoms with van der Waals surface area (Å²) < 4.78 is 57.0. The van der Waals surface area contributed by atoms with Gasteiger partial charge in [-0.2, -0.15) is 18.4 Å². The van der Waals surface area contributed by atoms with E-state index in [-0.39, 0.29) is 12.5 Å². The van der Waals surface area contributed by atoms with Gasteiger partial charge in [-0.15, -0.1) is 0 Å². The highest BCUT2D eigenvalue weighted by Crippen LogP contribution is 2.31. The van der Waals surface area contributed by atoms with Gasteiger partial charge in [0.2, 0.25) is 5.88 Å². The first kappa shape index (κ1) is 17.7. The molecule has 2 aromatic carbocycles. The van der Waals surface area contributed by atoms with Crippen molar-refractivity contribution in [2.75, 3.05) is 0 Å². The van der Waals surface area contributed by atoms with E-state index in [1.165, 1.54) is 30.3 Å². The SMILES string of the molecule is Cc1nc(OCc2ccc(C(F)(F)F)cc2)c2cc(F)ccc2c1C#N. The third-order valence-electron chi connectivity index (χ3n) is 3.88. The smallest absolute Gasteiger partial charge is 0.416 e. The molecule has 0 N–H and O–H groups in total. The minimum Gasteiger partial charge on any atom is -0.472 e. The van der Waals surface area contributed by atoms with Crippen LogP contribution in [0.5, 0.6) is 5.88 Å². The number of halogens is 4. The zero-order valence-corrected chi connectivity index (χ0v) is 13.6. The van der Waals surface area contributed by atoms with Crippen molar-refractivity contribution in [3.63, 3.8) is 0 Å². The van der Waals surface area contributed by atoms with Gasteiger partial charge >= 0.3 is 6.18 Å². The quantitative estimate of drug-likeness (QED) is 0.607. The van der Waals surface area contributed by atoms with E-state index in [0.717, 1.165) is 12.1 Å². The van der Waals surface area contributed by atoms with Gasteiger partial charge in [-0.05, 0) is 42.8 Å². The number of nitrogens with zero attached hydrogens (tertiary/aromatic N) is 2. The van der Waals surface area contributed by atoms with Gasteiger partial charge in [-0.1, -0.05) is 12.1 Å². The Bertz CT molecular complexity index is 1010. The van der Waals surface area contributed by atoms with Crippen LogP contribution in [0.3, 0.4) is 0 Å². The van der Waals surface area contributed by atoms with Crippen LogP contribution in [-0.2, 0) is 12.8 Å². The van der Waals surface area contributed by atoms with E-state index in [1.54, 1.807) is 6.92 Å². The van der Waals surface area contributed by atoms with E-state index in [0.29, 0.717) is 27.6 Å². The monoisotopic (exact) mass is 360 g/mol. The standard InChI is InChI=1S/C19H12F4N2O/c1-11-17(9-24)15-7-6-14(20)8-16(15)18(25-11)26-10-12-2-4-13(5-3-12)19(21,22)23/h2-8H,10H2,1H3. The molecule has 0 aliphatic heterocycles. The number of alkyl halides is 3. The zero-order chi connectivity index (χ0) is 18.9. The summed E-state index contributed by atoms with van der Waals surface area (Å²) in [5.74, 6) is -0.387. The Labute approximate surface area is 146 Å². The highest BCUT2D eigenvalue weighted by Gasteiger charge is 2.29. The van der Waals surface area contributed by atoms with Crippen molar-refractivity contribution in [2.45, 2.75) is 19.7 Å². The fourth-order valence-electron chi connectivity index (χ4n) is 2.57. The van der Waals surface area contributed by atoms with Crippen LogP contribution in [0.15, 0.2) is 42.5 Å². The van der Waals surface area contributed by atoms with Gasteiger partial charge in [0.05, 0.1) is 16.8 Å². The second-order valence-electron chi connectivity index (χ2n) is 5.66. The lowest BCUT2D eigenvalue weighted by atomic mass is 10.1. The van der Waals surface area contributed by atoms with Crippen molar-refractivity contribution in [3.05, 3.63) is 70.7 Å². The molecule has 0 bridgehead atoms. The lowest BCUT2D eigenvalue weighted by Gasteiger charge is -2.12. The second kappa shape index (κ2) is 6.64. The molecule has 0 aliphatic carbocycles. The number of hydrogen-bond donors (Lipinski definition) is 0. The van der Waals surface area contributed by atoms with Crippen LogP contribution in [-0.4, -0.2) is 4.98 Å². The highest BCUT2D eigenvalue weighted by molar-refractivity contribution is 5.92. The van der Waals surface area contributed by atoms with Crippen LogP contribution in [0, 0.1) is 24.1 Å². The van der Waals surface area contributed by atoms with Crippen LogP contribution in [0.2, 0.25) is 0 Å². The first-order chi connectivity index (χ1) is 12.3. The van der Waals surface area contributed by atoms with Crippen LogP contribution < -0.4 is 4.74 Å². The third kappa shape index (κ3) is 3.45. The number of pyridine rings is 1. The minimum absolute atomic E-state index is 0.0396. The van der Waals surface area contributed by atoms with Crippen molar-refractivity contribution in [3.8, 4) is 11.9 Å². The van der Waals surface area contributed by atoms with Gasteiger partial charge < -0.3 is 4.74 Å². The number of rotatable bonds is 3. The lowest BCUT2D eigenvalue weighted by Crippen LogP contribution is -2.05. The molecule has 7 heteroatoms. The average Bonchev–Trinajstić information content (AvgIpc) is 2.59. The van der Waals surface area contributed by atoms with Crippen molar-refractivity contribution >= 4 is 10.8 Å². The summed E-state index contributed by atoms with van der Waals surface area (Å²) in [5.41, 5.74) is 0.503. The first-order valence-electron chi connectivity index (χ1n) is 7.58. The summed E-state index contributed by atoms with van der Waals surface area (Å²) >= 11 is 0. The Morgan fingerprint density at radius 1 is 1.08 bits per heavy atom. The fraction of sp³-hybridized carbons (Fsp3) is 0.158.